The molecule has 0 amide bonds. The summed E-state index contributed by atoms with van der Waals surface area (Å²) in [6.07, 6.45) is -1.69. The van der Waals surface area contributed by atoms with Crippen molar-refractivity contribution in [1.29, 1.82) is 0 Å². The van der Waals surface area contributed by atoms with E-state index >= 15 is 0 Å². The zero-order valence-corrected chi connectivity index (χ0v) is 8.34. The van der Waals surface area contributed by atoms with E-state index in [4.69, 9.17) is 10.2 Å². The molecule has 0 bridgehead atoms. The van der Waals surface area contributed by atoms with Crippen molar-refractivity contribution in [2.24, 2.45) is 0 Å². The third-order valence-corrected chi connectivity index (χ3v) is 2.03. The number of benzene rings is 1. The van der Waals surface area contributed by atoms with E-state index in [1.807, 2.05) is 0 Å². The monoisotopic (exact) mass is 248 g/mol. The molecular weight excluding hydrogens is 241 g/mol. The molecule has 7 heteroatoms. The van der Waals surface area contributed by atoms with Gasteiger partial charge in [-0.3, -0.25) is 9.59 Å². The lowest BCUT2D eigenvalue weighted by Gasteiger charge is -2.08. The second-order valence-electron chi connectivity index (χ2n) is 3.27. The molecule has 1 aromatic carbocycles. The van der Waals surface area contributed by atoms with Gasteiger partial charge in [0.1, 0.15) is 0 Å². The van der Waals surface area contributed by atoms with Crippen LogP contribution in [0.4, 0.5) is 13.2 Å². The predicted molar refractivity (Wildman–Crippen MR) is 49.0 cm³/mol. The van der Waals surface area contributed by atoms with Crippen LogP contribution in [0.15, 0.2) is 6.07 Å². The summed E-state index contributed by atoms with van der Waals surface area (Å²) in [5, 5.41) is 17.0. The number of carboxylic acids is 2. The zero-order valence-electron chi connectivity index (χ0n) is 8.34. The normalized spacial score (nSPS) is 10.3. The average Bonchev–Trinajstić information content (AvgIpc) is 2.20. The summed E-state index contributed by atoms with van der Waals surface area (Å²) in [5.41, 5.74) is -1.05. The van der Waals surface area contributed by atoms with E-state index in [9.17, 15) is 22.8 Å². The highest BCUT2D eigenvalue weighted by molar-refractivity contribution is 5.74. The predicted octanol–water partition coefficient (Wildman–Crippen LogP) is 1.36. The summed E-state index contributed by atoms with van der Waals surface area (Å²) in [4.78, 5) is 20.9. The smallest absolute Gasteiger partial charge is 0.307 e. The van der Waals surface area contributed by atoms with Crippen molar-refractivity contribution in [3.05, 3.63) is 34.6 Å². The van der Waals surface area contributed by atoms with Gasteiger partial charge in [-0.2, -0.15) is 0 Å². The maximum absolute atomic E-state index is 13.3. The summed E-state index contributed by atoms with van der Waals surface area (Å²) in [7, 11) is 0. The van der Waals surface area contributed by atoms with Crippen molar-refractivity contribution >= 4 is 11.9 Å². The Bertz CT molecular complexity index is 485. The van der Waals surface area contributed by atoms with Crippen molar-refractivity contribution < 1.29 is 33.0 Å². The van der Waals surface area contributed by atoms with E-state index in [1.165, 1.54) is 0 Å². The fraction of sp³-hybridized carbons (Fsp3) is 0.200. The van der Waals surface area contributed by atoms with Crippen LogP contribution in [0.1, 0.15) is 11.1 Å². The summed E-state index contributed by atoms with van der Waals surface area (Å²) in [6.45, 7) is 0. The van der Waals surface area contributed by atoms with Crippen molar-refractivity contribution in [2.75, 3.05) is 0 Å². The SMILES string of the molecule is O=C(O)Cc1cc(F)c(F)c(F)c1CC(=O)O. The van der Waals surface area contributed by atoms with Gasteiger partial charge in [-0.1, -0.05) is 0 Å². The molecule has 0 saturated heterocycles. The minimum absolute atomic E-state index is 0.392. The highest BCUT2D eigenvalue weighted by atomic mass is 19.2. The van der Waals surface area contributed by atoms with E-state index in [-0.39, 0.29) is 0 Å². The molecule has 4 nitrogen and oxygen atoms in total. The maximum atomic E-state index is 13.3. The maximum Gasteiger partial charge on any atom is 0.307 e. The Kier molecular flexibility index (Phi) is 3.72. The minimum Gasteiger partial charge on any atom is -0.481 e. The molecule has 0 heterocycles. The molecule has 0 unspecified atom stereocenters. The van der Waals surface area contributed by atoms with Crippen molar-refractivity contribution in [1.82, 2.24) is 0 Å². The summed E-state index contributed by atoms with van der Waals surface area (Å²) < 4.78 is 39.0. The quantitative estimate of drug-likeness (QED) is 0.789. The van der Waals surface area contributed by atoms with Crippen molar-refractivity contribution in [3.63, 3.8) is 0 Å². The van der Waals surface area contributed by atoms with E-state index in [0.717, 1.165) is 0 Å². The summed E-state index contributed by atoms with van der Waals surface area (Å²) in [6, 6.07) is 0.491. The second kappa shape index (κ2) is 4.86. The molecule has 0 aromatic heterocycles. The Balaban J connectivity index is 3.34. The molecule has 0 radical (unpaired) electrons. The Labute approximate surface area is 93.3 Å². The van der Waals surface area contributed by atoms with E-state index in [0.29, 0.717) is 6.07 Å². The highest BCUT2D eigenvalue weighted by Gasteiger charge is 2.21. The van der Waals surface area contributed by atoms with Gasteiger partial charge in [0.15, 0.2) is 17.5 Å². The van der Waals surface area contributed by atoms with Gasteiger partial charge in [0.25, 0.3) is 0 Å². The van der Waals surface area contributed by atoms with Crippen LogP contribution in [0.5, 0.6) is 0 Å². The molecular formula is C10H7F3O4. The minimum atomic E-state index is -1.81. The topological polar surface area (TPSA) is 74.6 Å². The van der Waals surface area contributed by atoms with Crippen molar-refractivity contribution in [2.45, 2.75) is 12.8 Å². The molecule has 0 aliphatic rings. The average molecular weight is 248 g/mol. The van der Waals surface area contributed by atoms with Crippen LogP contribution < -0.4 is 0 Å². The molecule has 0 aliphatic heterocycles. The van der Waals surface area contributed by atoms with Gasteiger partial charge >= 0.3 is 11.9 Å². The number of aliphatic carboxylic acids is 2. The molecule has 0 aliphatic carbocycles. The van der Waals surface area contributed by atoms with E-state index < -0.39 is 53.4 Å². The van der Waals surface area contributed by atoms with Crippen LogP contribution in [0.3, 0.4) is 0 Å². The van der Waals surface area contributed by atoms with Crippen LogP contribution >= 0.6 is 0 Å². The molecule has 92 valence electrons. The lowest BCUT2D eigenvalue weighted by Crippen LogP contribution is -2.12. The Morgan fingerprint density at radius 2 is 1.53 bits per heavy atom. The number of carbonyl (C=O) groups is 2. The standard InChI is InChI=1S/C10H7F3O4/c11-6-1-4(2-7(14)15)5(3-8(16)17)9(12)10(6)13/h1H,2-3H2,(H,14,15)(H,16,17). The molecule has 1 rings (SSSR count). The van der Waals surface area contributed by atoms with Gasteiger partial charge in [0.05, 0.1) is 12.8 Å². The number of carboxylic acid groups (broad SMARTS) is 2. The molecule has 17 heavy (non-hydrogen) atoms. The molecule has 0 atom stereocenters. The largest absolute Gasteiger partial charge is 0.481 e. The third-order valence-electron chi connectivity index (χ3n) is 2.03. The van der Waals surface area contributed by atoms with Crippen LogP contribution in [-0.2, 0) is 22.4 Å². The number of hydrogen-bond donors (Lipinski definition) is 2. The fourth-order valence-electron chi connectivity index (χ4n) is 1.34. The zero-order chi connectivity index (χ0) is 13.2. The molecule has 1 aromatic rings. The Morgan fingerprint density at radius 3 is 2.00 bits per heavy atom. The van der Waals surface area contributed by atoms with Gasteiger partial charge in [-0.05, 0) is 11.6 Å². The van der Waals surface area contributed by atoms with Crippen LogP contribution in [0.2, 0.25) is 0 Å². The van der Waals surface area contributed by atoms with Crippen LogP contribution in [0, 0.1) is 17.5 Å². The second-order valence-corrected chi connectivity index (χ2v) is 3.27. The third kappa shape index (κ3) is 2.96. The molecule has 0 saturated carbocycles. The van der Waals surface area contributed by atoms with E-state index in [2.05, 4.69) is 0 Å². The van der Waals surface area contributed by atoms with Gasteiger partial charge in [-0.25, -0.2) is 13.2 Å². The fourth-order valence-corrected chi connectivity index (χ4v) is 1.34. The van der Waals surface area contributed by atoms with Gasteiger partial charge in [0.2, 0.25) is 0 Å². The molecule has 0 spiro atoms. The first kappa shape index (κ1) is 13.0. The first-order valence-corrected chi connectivity index (χ1v) is 4.41. The lowest BCUT2D eigenvalue weighted by atomic mass is 10.0. The Morgan fingerprint density at radius 1 is 1.00 bits per heavy atom. The van der Waals surface area contributed by atoms with Crippen LogP contribution in [-0.4, -0.2) is 22.2 Å². The van der Waals surface area contributed by atoms with Gasteiger partial charge in [0, 0.05) is 5.56 Å². The van der Waals surface area contributed by atoms with Gasteiger partial charge in [-0.15, -0.1) is 0 Å². The lowest BCUT2D eigenvalue weighted by molar-refractivity contribution is -0.137. The summed E-state index contributed by atoms with van der Waals surface area (Å²) in [5.74, 6) is -7.89. The number of hydrogen-bond acceptors (Lipinski definition) is 2. The first-order chi connectivity index (χ1) is 7.82. The number of halogens is 3. The first-order valence-electron chi connectivity index (χ1n) is 4.41. The van der Waals surface area contributed by atoms with Crippen LogP contribution in [0.25, 0.3) is 0 Å². The highest BCUT2D eigenvalue weighted by Crippen LogP contribution is 2.21. The molecule has 2 N–H and O–H groups in total. The molecule has 0 fully saturated rings. The Hall–Kier alpha value is -2.05. The summed E-state index contributed by atoms with van der Waals surface area (Å²) >= 11 is 0. The van der Waals surface area contributed by atoms with Gasteiger partial charge < -0.3 is 10.2 Å². The number of rotatable bonds is 4. The van der Waals surface area contributed by atoms with E-state index in [1.54, 1.807) is 0 Å². The van der Waals surface area contributed by atoms with Crippen molar-refractivity contribution in [3.8, 4) is 0 Å².